The summed E-state index contributed by atoms with van der Waals surface area (Å²) >= 11 is 0. The Morgan fingerprint density at radius 2 is 2.00 bits per heavy atom. The summed E-state index contributed by atoms with van der Waals surface area (Å²) in [5.74, 6) is 1.22. The molecule has 8 heteroatoms. The van der Waals surface area contributed by atoms with Gasteiger partial charge in [0.25, 0.3) is 0 Å². The zero-order valence-corrected chi connectivity index (χ0v) is 13.8. The summed E-state index contributed by atoms with van der Waals surface area (Å²) in [6.45, 7) is 7.21. The molecule has 23 heavy (non-hydrogen) atoms. The lowest BCUT2D eigenvalue weighted by Crippen LogP contribution is -2.49. The summed E-state index contributed by atoms with van der Waals surface area (Å²) in [5, 5.41) is 5.17. The van der Waals surface area contributed by atoms with Gasteiger partial charge >= 0.3 is 6.09 Å². The summed E-state index contributed by atoms with van der Waals surface area (Å²) in [6.07, 6.45) is 3.11. The van der Waals surface area contributed by atoms with E-state index in [4.69, 9.17) is 4.74 Å². The molecule has 124 valence electrons. The fourth-order valence-corrected chi connectivity index (χ4v) is 2.63. The highest BCUT2D eigenvalue weighted by molar-refractivity contribution is 5.86. The lowest BCUT2D eigenvalue weighted by atomic mass is 10.2. The fourth-order valence-electron chi connectivity index (χ4n) is 2.63. The zero-order chi connectivity index (χ0) is 16.4. The molecule has 3 rings (SSSR count). The Bertz CT molecular complexity index is 690. The van der Waals surface area contributed by atoms with E-state index in [1.54, 1.807) is 22.1 Å². The molecule has 1 amide bonds. The van der Waals surface area contributed by atoms with E-state index in [1.165, 1.54) is 0 Å². The normalized spacial score (nSPS) is 15.5. The highest BCUT2D eigenvalue weighted by Gasteiger charge is 2.24. The predicted octanol–water partition coefficient (Wildman–Crippen LogP) is 1.28. The van der Waals surface area contributed by atoms with Crippen LogP contribution in [0.5, 0.6) is 0 Å². The first-order valence-electron chi connectivity index (χ1n) is 7.85. The van der Waals surface area contributed by atoms with E-state index >= 15 is 0 Å². The molecule has 1 aliphatic rings. The number of amides is 1. The first-order chi connectivity index (χ1) is 11.1. The molecule has 2 aromatic rings. The maximum atomic E-state index is 12.0. The van der Waals surface area contributed by atoms with Crippen molar-refractivity contribution in [3.63, 3.8) is 0 Å². The lowest BCUT2D eigenvalue weighted by Gasteiger charge is -2.35. The van der Waals surface area contributed by atoms with E-state index < -0.39 is 0 Å². The van der Waals surface area contributed by atoms with Gasteiger partial charge in [0.1, 0.15) is 12.1 Å². The van der Waals surface area contributed by atoms with Crippen molar-refractivity contribution in [3.8, 4) is 0 Å². The second-order valence-electron chi connectivity index (χ2n) is 6.15. The molecule has 1 aliphatic heterocycles. The van der Waals surface area contributed by atoms with Crippen molar-refractivity contribution in [2.45, 2.75) is 13.8 Å². The van der Waals surface area contributed by atoms with Crippen LogP contribution >= 0.6 is 0 Å². The SMILES string of the molecule is CC(C)COC(=O)N1CCN(c2ncnc3c2cnn3C)CC1. The van der Waals surface area contributed by atoms with Crippen LogP contribution in [-0.2, 0) is 11.8 Å². The van der Waals surface area contributed by atoms with E-state index in [-0.39, 0.29) is 6.09 Å². The number of piperazine rings is 1. The molecule has 0 saturated carbocycles. The number of nitrogens with zero attached hydrogens (tertiary/aromatic N) is 6. The molecule has 0 spiro atoms. The second kappa shape index (κ2) is 6.39. The Morgan fingerprint density at radius 3 is 2.70 bits per heavy atom. The largest absolute Gasteiger partial charge is 0.449 e. The van der Waals surface area contributed by atoms with Crippen molar-refractivity contribution in [2.75, 3.05) is 37.7 Å². The molecule has 1 saturated heterocycles. The minimum atomic E-state index is -0.229. The molecule has 2 aromatic heterocycles. The molecule has 0 bridgehead atoms. The maximum absolute atomic E-state index is 12.0. The van der Waals surface area contributed by atoms with Crippen molar-refractivity contribution in [1.82, 2.24) is 24.6 Å². The van der Waals surface area contributed by atoms with Gasteiger partial charge in [-0.2, -0.15) is 5.10 Å². The van der Waals surface area contributed by atoms with Crippen LogP contribution in [0.2, 0.25) is 0 Å². The van der Waals surface area contributed by atoms with Gasteiger partial charge in [0.05, 0.1) is 18.2 Å². The van der Waals surface area contributed by atoms with Crippen LogP contribution in [0.3, 0.4) is 0 Å². The number of anilines is 1. The number of hydrogen-bond donors (Lipinski definition) is 0. The Morgan fingerprint density at radius 1 is 1.26 bits per heavy atom. The third kappa shape index (κ3) is 3.20. The quantitative estimate of drug-likeness (QED) is 0.848. The summed E-state index contributed by atoms with van der Waals surface area (Å²) in [7, 11) is 1.86. The molecule has 1 fully saturated rings. The number of rotatable bonds is 3. The average molecular weight is 318 g/mol. The van der Waals surface area contributed by atoms with E-state index in [2.05, 4.69) is 20.0 Å². The fraction of sp³-hybridized carbons (Fsp3) is 0.600. The molecular formula is C15H22N6O2. The van der Waals surface area contributed by atoms with Crippen molar-refractivity contribution in [3.05, 3.63) is 12.5 Å². The summed E-state index contributed by atoms with van der Waals surface area (Å²) in [4.78, 5) is 24.6. The molecule has 0 N–H and O–H groups in total. The summed E-state index contributed by atoms with van der Waals surface area (Å²) in [6, 6.07) is 0. The number of ether oxygens (including phenoxy) is 1. The van der Waals surface area contributed by atoms with Gasteiger partial charge in [0, 0.05) is 33.2 Å². The third-order valence-corrected chi connectivity index (χ3v) is 3.89. The van der Waals surface area contributed by atoms with Crippen molar-refractivity contribution in [1.29, 1.82) is 0 Å². The van der Waals surface area contributed by atoms with Crippen molar-refractivity contribution >= 4 is 22.9 Å². The molecule has 0 aromatic carbocycles. The highest BCUT2D eigenvalue weighted by atomic mass is 16.6. The summed E-state index contributed by atoms with van der Waals surface area (Å²) in [5.41, 5.74) is 0.814. The molecule has 8 nitrogen and oxygen atoms in total. The minimum absolute atomic E-state index is 0.229. The smallest absolute Gasteiger partial charge is 0.409 e. The molecule has 0 atom stereocenters. The van der Waals surface area contributed by atoms with E-state index in [9.17, 15) is 4.79 Å². The second-order valence-corrected chi connectivity index (χ2v) is 6.15. The van der Waals surface area contributed by atoms with E-state index in [0.29, 0.717) is 25.6 Å². The zero-order valence-electron chi connectivity index (χ0n) is 13.8. The van der Waals surface area contributed by atoms with Gasteiger partial charge in [0.2, 0.25) is 0 Å². The molecule has 0 aliphatic carbocycles. The van der Waals surface area contributed by atoms with Crippen LogP contribution in [0, 0.1) is 5.92 Å². The van der Waals surface area contributed by atoms with Crippen LogP contribution < -0.4 is 4.90 Å². The monoisotopic (exact) mass is 318 g/mol. The predicted molar refractivity (Wildman–Crippen MR) is 86.3 cm³/mol. The first-order valence-corrected chi connectivity index (χ1v) is 7.85. The number of fused-ring (bicyclic) bond motifs is 1. The Balaban J connectivity index is 1.65. The number of aromatic nitrogens is 4. The van der Waals surface area contributed by atoms with Gasteiger partial charge in [-0.15, -0.1) is 0 Å². The maximum Gasteiger partial charge on any atom is 0.409 e. The van der Waals surface area contributed by atoms with Gasteiger partial charge < -0.3 is 14.5 Å². The number of carbonyl (C=O) groups excluding carboxylic acids is 1. The van der Waals surface area contributed by atoms with Crippen LogP contribution in [0.25, 0.3) is 11.0 Å². The Labute approximate surface area is 135 Å². The third-order valence-electron chi connectivity index (χ3n) is 3.89. The lowest BCUT2D eigenvalue weighted by molar-refractivity contribution is 0.0901. The number of carbonyl (C=O) groups is 1. The molecular weight excluding hydrogens is 296 g/mol. The molecule has 0 unspecified atom stereocenters. The van der Waals surface area contributed by atoms with E-state index in [0.717, 1.165) is 29.9 Å². The number of aryl methyl sites for hydroxylation is 1. The molecule has 0 radical (unpaired) electrons. The highest BCUT2D eigenvalue weighted by Crippen LogP contribution is 2.23. The van der Waals surface area contributed by atoms with Gasteiger partial charge in [-0.05, 0) is 5.92 Å². The minimum Gasteiger partial charge on any atom is -0.449 e. The van der Waals surface area contributed by atoms with Gasteiger partial charge in [-0.25, -0.2) is 14.8 Å². The van der Waals surface area contributed by atoms with E-state index in [1.807, 2.05) is 20.9 Å². The van der Waals surface area contributed by atoms with Crippen molar-refractivity contribution in [2.24, 2.45) is 13.0 Å². The Hall–Kier alpha value is -2.38. The standard InChI is InChI=1S/C15H22N6O2/c1-11(2)9-23-15(22)21-6-4-20(5-7-21)14-12-8-18-19(3)13(12)16-10-17-14/h8,10-11H,4-7,9H2,1-3H3. The van der Waals surface area contributed by atoms with Gasteiger partial charge in [0.15, 0.2) is 5.65 Å². The average Bonchev–Trinajstić information content (AvgIpc) is 2.94. The van der Waals surface area contributed by atoms with Gasteiger partial charge in [-0.1, -0.05) is 13.8 Å². The topological polar surface area (TPSA) is 76.4 Å². The van der Waals surface area contributed by atoms with Crippen LogP contribution in [0.4, 0.5) is 10.6 Å². The first kappa shape index (κ1) is 15.5. The van der Waals surface area contributed by atoms with Crippen LogP contribution in [-0.4, -0.2) is 63.5 Å². The molecule has 3 heterocycles. The van der Waals surface area contributed by atoms with Crippen molar-refractivity contribution < 1.29 is 9.53 Å². The van der Waals surface area contributed by atoms with Gasteiger partial charge in [-0.3, -0.25) is 4.68 Å². The summed E-state index contributed by atoms with van der Waals surface area (Å²) < 4.78 is 7.02. The van der Waals surface area contributed by atoms with Crippen LogP contribution in [0.1, 0.15) is 13.8 Å². The van der Waals surface area contributed by atoms with Crippen LogP contribution in [0.15, 0.2) is 12.5 Å². The Kier molecular flexibility index (Phi) is 4.31. The number of hydrogen-bond acceptors (Lipinski definition) is 6.